The van der Waals surface area contributed by atoms with Gasteiger partial charge < -0.3 is 0 Å². The zero-order valence-corrected chi connectivity index (χ0v) is 11.2. The monoisotopic (exact) mass is 237 g/mol. The van der Waals surface area contributed by atoms with E-state index in [9.17, 15) is 4.21 Å². The summed E-state index contributed by atoms with van der Waals surface area (Å²) < 4.78 is 14.2. The van der Waals surface area contributed by atoms with E-state index in [1.807, 2.05) is 39.0 Å². The smallest absolute Gasteiger partial charge is 0.101 e. The summed E-state index contributed by atoms with van der Waals surface area (Å²) in [7, 11) is -0.915. The largest absolute Gasteiger partial charge is 0.242 e. The molecule has 1 aromatic rings. The Bertz CT molecular complexity index is 410. The standard InChI is InChI=1S/C13H19NOS/c1-12(2,3)16(15)14-10-13(14,4)11-8-6-5-7-9-11/h5-9H,10H2,1-4H3/t13-,14?,16?/m1/s1. The van der Waals surface area contributed by atoms with E-state index in [0.29, 0.717) is 0 Å². The lowest BCUT2D eigenvalue weighted by Crippen LogP contribution is -2.29. The molecule has 88 valence electrons. The summed E-state index contributed by atoms with van der Waals surface area (Å²) in [5.41, 5.74) is 1.23. The van der Waals surface area contributed by atoms with Gasteiger partial charge in [-0.05, 0) is 33.3 Å². The first-order valence-corrected chi connectivity index (χ1v) is 6.71. The van der Waals surface area contributed by atoms with Gasteiger partial charge in [0.25, 0.3) is 0 Å². The third-order valence-electron chi connectivity index (χ3n) is 3.02. The van der Waals surface area contributed by atoms with Crippen molar-refractivity contribution in [3.8, 4) is 0 Å². The van der Waals surface area contributed by atoms with E-state index in [-0.39, 0.29) is 10.3 Å². The Labute approximate surface area is 100 Å². The van der Waals surface area contributed by atoms with Gasteiger partial charge in [0.1, 0.15) is 11.0 Å². The van der Waals surface area contributed by atoms with Crippen LogP contribution in [0.15, 0.2) is 30.3 Å². The van der Waals surface area contributed by atoms with Crippen LogP contribution in [0.2, 0.25) is 0 Å². The summed E-state index contributed by atoms with van der Waals surface area (Å²) in [5.74, 6) is 0. The van der Waals surface area contributed by atoms with Gasteiger partial charge in [-0.15, -0.1) is 0 Å². The Balaban J connectivity index is 2.19. The normalized spacial score (nSPS) is 31.1. The maximum absolute atomic E-state index is 12.3. The van der Waals surface area contributed by atoms with Crippen LogP contribution in [0.4, 0.5) is 0 Å². The molecule has 0 spiro atoms. The predicted molar refractivity (Wildman–Crippen MR) is 68.4 cm³/mol. The first kappa shape index (κ1) is 11.8. The Kier molecular flexibility index (Phi) is 2.71. The molecule has 1 heterocycles. The zero-order chi connectivity index (χ0) is 12.0. The van der Waals surface area contributed by atoms with Crippen molar-refractivity contribution in [1.29, 1.82) is 0 Å². The minimum atomic E-state index is -0.915. The molecule has 0 radical (unpaired) electrons. The highest BCUT2D eigenvalue weighted by Gasteiger charge is 2.54. The molecule has 1 saturated heterocycles. The lowest BCUT2D eigenvalue weighted by Gasteiger charge is -2.21. The molecular weight excluding hydrogens is 218 g/mol. The van der Waals surface area contributed by atoms with Gasteiger partial charge in [0, 0.05) is 6.54 Å². The fourth-order valence-electron chi connectivity index (χ4n) is 1.85. The van der Waals surface area contributed by atoms with Gasteiger partial charge in [-0.25, -0.2) is 8.51 Å². The molecule has 0 aliphatic carbocycles. The molecule has 0 aromatic heterocycles. The van der Waals surface area contributed by atoms with Crippen molar-refractivity contribution in [1.82, 2.24) is 4.31 Å². The molecule has 1 aromatic carbocycles. The second kappa shape index (κ2) is 3.67. The van der Waals surface area contributed by atoms with E-state index < -0.39 is 11.0 Å². The van der Waals surface area contributed by atoms with E-state index in [2.05, 4.69) is 23.4 Å². The fourth-order valence-corrected chi connectivity index (χ4v) is 3.35. The first-order chi connectivity index (χ1) is 7.36. The molecule has 16 heavy (non-hydrogen) atoms. The number of nitrogens with zero attached hydrogens (tertiary/aromatic N) is 1. The molecular formula is C13H19NOS. The Morgan fingerprint density at radius 2 is 1.81 bits per heavy atom. The van der Waals surface area contributed by atoms with Crippen LogP contribution >= 0.6 is 0 Å². The molecule has 1 aliphatic heterocycles. The average Bonchev–Trinajstić information content (AvgIpc) is 2.91. The molecule has 2 rings (SSSR count). The molecule has 1 aliphatic rings. The van der Waals surface area contributed by atoms with Crippen molar-refractivity contribution in [3.05, 3.63) is 35.9 Å². The van der Waals surface area contributed by atoms with Crippen LogP contribution in [0, 0.1) is 0 Å². The van der Waals surface area contributed by atoms with Crippen LogP contribution in [0.5, 0.6) is 0 Å². The highest BCUT2D eigenvalue weighted by atomic mass is 32.2. The van der Waals surface area contributed by atoms with Gasteiger partial charge in [-0.1, -0.05) is 30.3 Å². The summed E-state index contributed by atoms with van der Waals surface area (Å²) >= 11 is 0. The molecule has 2 unspecified atom stereocenters. The average molecular weight is 237 g/mol. The predicted octanol–water partition coefficient (Wildman–Crippen LogP) is 2.68. The topological polar surface area (TPSA) is 20.1 Å². The van der Waals surface area contributed by atoms with E-state index in [1.54, 1.807) is 0 Å². The SMILES string of the molecule is CC(C)(C)S(=O)N1C[C@]1(C)c1ccccc1. The lowest BCUT2D eigenvalue weighted by molar-refractivity contribution is 0.563. The molecule has 3 atom stereocenters. The Morgan fingerprint density at radius 1 is 1.25 bits per heavy atom. The number of hydrogen-bond acceptors (Lipinski definition) is 1. The van der Waals surface area contributed by atoms with Gasteiger partial charge in [0.15, 0.2) is 0 Å². The van der Waals surface area contributed by atoms with Crippen molar-refractivity contribution in [2.75, 3.05) is 6.54 Å². The summed E-state index contributed by atoms with van der Waals surface area (Å²) in [6, 6.07) is 10.3. The number of hydrogen-bond donors (Lipinski definition) is 0. The summed E-state index contributed by atoms with van der Waals surface area (Å²) in [6.45, 7) is 9.11. The minimum Gasteiger partial charge on any atom is -0.242 e. The van der Waals surface area contributed by atoms with Crippen LogP contribution in [-0.4, -0.2) is 19.8 Å². The van der Waals surface area contributed by atoms with Gasteiger partial charge >= 0.3 is 0 Å². The second-order valence-electron chi connectivity index (χ2n) is 5.54. The number of benzene rings is 1. The molecule has 0 amide bonds. The van der Waals surface area contributed by atoms with Gasteiger partial charge in [-0.3, -0.25) is 0 Å². The quantitative estimate of drug-likeness (QED) is 0.724. The molecule has 2 nitrogen and oxygen atoms in total. The van der Waals surface area contributed by atoms with Crippen molar-refractivity contribution in [3.63, 3.8) is 0 Å². The molecule has 0 bridgehead atoms. The molecule has 1 fully saturated rings. The van der Waals surface area contributed by atoms with Crippen LogP contribution in [-0.2, 0) is 16.5 Å². The van der Waals surface area contributed by atoms with E-state index >= 15 is 0 Å². The van der Waals surface area contributed by atoms with Crippen molar-refractivity contribution in [2.24, 2.45) is 0 Å². The van der Waals surface area contributed by atoms with Crippen molar-refractivity contribution >= 4 is 11.0 Å². The molecule has 0 saturated carbocycles. The van der Waals surface area contributed by atoms with E-state index in [4.69, 9.17) is 0 Å². The van der Waals surface area contributed by atoms with Crippen molar-refractivity contribution < 1.29 is 4.21 Å². The fraction of sp³-hybridized carbons (Fsp3) is 0.538. The highest BCUT2D eigenvalue weighted by Crippen LogP contribution is 2.45. The van der Waals surface area contributed by atoms with E-state index in [0.717, 1.165) is 6.54 Å². The lowest BCUT2D eigenvalue weighted by atomic mass is 10.0. The van der Waals surface area contributed by atoms with Gasteiger partial charge in [0.2, 0.25) is 0 Å². The summed E-state index contributed by atoms with van der Waals surface area (Å²) in [6.07, 6.45) is 0. The van der Waals surface area contributed by atoms with Crippen molar-refractivity contribution in [2.45, 2.75) is 38.0 Å². The van der Waals surface area contributed by atoms with Crippen LogP contribution in [0.1, 0.15) is 33.3 Å². The van der Waals surface area contributed by atoms with Gasteiger partial charge in [-0.2, -0.15) is 0 Å². The van der Waals surface area contributed by atoms with E-state index in [1.165, 1.54) is 5.56 Å². The minimum absolute atomic E-state index is 0.0284. The third-order valence-corrected chi connectivity index (χ3v) is 5.00. The summed E-state index contributed by atoms with van der Waals surface area (Å²) in [5, 5.41) is 0. The zero-order valence-electron chi connectivity index (χ0n) is 10.4. The molecule has 0 N–H and O–H groups in total. The highest BCUT2D eigenvalue weighted by molar-refractivity contribution is 7.84. The summed E-state index contributed by atoms with van der Waals surface area (Å²) in [4.78, 5) is 0. The maximum atomic E-state index is 12.3. The van der Waals surface area contributed by atoms with Gasteiger partial charge in [0.05, 0.1) is 10.3 Å². The first-order valence-electron chi connectivity index (χ1n) is 5.61. The van der Waals surface area contributed by atoms with Crippen LogP contribution in [0.25, 0.3) is 0 Å². The van der Waals surface area contributed by atoms with Crippen LogP contribution < -0.4 is 0 Å². The van der Waals surface area contributed by atoms with Crippen LogP contribution in [0.3, 0.4) is 0 Å². The Hall–Kier alpha value is -0.670. The second-order valence-corrected chi connectivity index (χ2v) is 7.70. The third kappa shape index (κ3) is 1.94. The molecule has 3 heteroatoms. The number of rotatable bonds is 2. The maximum Gasteiger partial charge on any atom is 0.101 e. The Morgan fingerprint density at radius 3 is 2.31 bits per heavy atom.